The number of rotatable bonds is 15. The third kappa shape index (κ3) is 7.91. The molecule has 26 heavy (non-hydrogen) atoms. The molecule has 1 unspecified atom stereocenters. The normalized spacial score (nSPS) is 26.5. The number of allylic oxidation sites excluding steroid dienone is 2. The monoisotopic (exact) mass is 368 g/mol. The molecule has 0 spiro atoms. The topological polar surface area (TPSA) is 58.9 Å². The Morgan fingerprint density at radius 3 is 2.23 bits per heavy atom. The zero-order valence-electron chi connectivity index (χ0n) is 16.9. The highest BCUT2D eigenvalue weighted by atomic mass is 16.5. The zero-order valence-corrected chi connectivity index (χ0v) is 16.9. The van der Waals surface area contributed by atoms with Crippen LogP contribution in [-0.2, 0) is 9.47 Å². The highest BCUT2D eigenvalue weighted by Gasteiger charge is 2.47. The molecule has 0 amide bonds. The summed E-state index contributed by atoms with van der Waals surface area (Å²) in [4.78, 5) is 0. The minimum absolute atomic E-state index is 0.165. The molecule has 1 fully saturated rings. The Morgan fingerprint density at radius 2 is 1.54 bits per heavy atom. The number of hydrogen-bond donors (Lipinski definition) is 2. The lowest BCUT2D eigenvalue weighted by Crippen LogP contribution is -2.38. The van der Waals surface area contributed by atoms with Crippen molar-refractivity contribution in [2.75, 3.05) is 27.4 Å². The van der Waals surface area contributed by atoms with Crippen LogP contribution in [0.4, 0.5) is 0 Å². The predicted octanol–water partition coefficient (Wildman–Crippen LogP) is 4.40. The van der Waals surface area contributed by atoms with Crippen LogP contribution in [0.1, 0.15) is 70.6 Å². The van der Waals surface area contributed by atoms with E-state index in [0.29, 0.717) is 6.61 Å². The molecule has 0 aliphatic heterocycles. The molecule has 0 saturated heterocycles. The van der Waals surface area contributed by atoms with Crippen molar-refractivity contribution in [3.05, 3.63) is 24.3 Å². The highest BCUT2D eigenvalue weighted by molar-refractivity contribution is 5.11. The first kappa shape index (κ1) is 23.4. The van der Waals surface area contributed by atoms with E-state index < -0.39 is 0 Å². The van der Waals surface area contributed by atoms with Gasteiger partial charge in [0.15, 0.2) is 0 Å². The van der Waals surface area contributed by atoms with Gasteiger partial charge in [-0.1, -0.05) is 37.1 Å². The number of aliphatic hydroxyl groups excluding tert-OH is 2. The quantitative estimate of drug-likeness (QED) is 0.332. The second-order valence-corrected chi connectivity index (χ2v) is 7.36. The molecule has 0 radical (unpaired) electrons. The van der Waals surface area contributed by atoms with Crippen molar-refractivity contribution in [3.8, 4) is 0 Å². The summed E-state index contributed by atoms with van der Waals surface area (Å²) in [5, 5.41) is 17.7. The van der Waals surface area contributed by atoms with E-state index in [1.54, 1.807) is 7.11 Å². The summed E-state index contributed by atoms with van der Waals surface area (Å²) in [6, 6.07) is 0. The van der Waals surface area contributed by atoms with Crippen molar-refractivity contribution in [1.29, 1.82) is 0 Å². The first-order chi connectivity index (χ1) is 12.7. The molecular formula is C22H40O4. The lowest BCUT2D eigenvalue weighted by Gasteiger charge is -2.33. The third-order valence-corrected chi connectivity index (χ3v) is 5.60. The smallest absolute Gasteiger partial charge is 0.0801 e. The van der Waals surface area contributed by atoms with Crippen LogP contribution in [-0.4, -0.2) is 49.4 Å². The van der Waals surface area contributed by atoms with Gasteiger partial charge < -0.3 is 19.7 Å². The van der Waals surface area contributed by atoms with Gasteiger partial charge in [-0.05, 0) is 57.8 Å². The van der Waals surface area contributed by atoms with E-state index >= 15 is 0 Å². The predicted molar refractivity (Wildman–Crippen MR) is 107 cm³/mol. The Kier molecular flexibility index (Phi) is 12.9. The van der Waals surface area contributed by atoms with Crippen LogP contribution in [0, 0.1) is 5.92 Å². The first-order valence-electron chi connectivity index (χ1n) is 10.4. The number of aliphatic hydroxyl groups is 2. The van der Waals surface area contributed by atoms with E-state index in [1.807, 2.05) is 7.11 Å². The molecule has 4 heteroatoms. The Balaban J connectivity index is 2.55. The first-order valence-corrected chi connectivity index (χ1v) is 10.4. The summed E-state index contributed by atoms with van der Waals surface area (Å²) in [5.41, 5.74) is -0.165. The second-order valence-electron chi connectivity index (χ2n) is 7.36. The molecule has 1 aliphatic carbocycles. The number of hydrogen-bond acceptors (Lipinski definition) is 4. The van der Waals surface area contributed by atoms with Gasteiger partial charge in [-0.3, -0.25) is 0 Å². The molecule has 0 heterocycles. The van der Waals surface area contributed by atoms with Gasteiger partial charge in [-0.25, -0.2) is 0 Å². The SMILES string of the molecule is CO[C@@H]1CCC(CC=CCCCCO)(OC)[C@H]1C=CCCCCCCO. The Bertz CT molecular complexity index is 394. The largest absolute Gasteiger partial charge is 0.396 e. The van der Waals surface area contributed by atoms with Gasteiger partial charge in [0, 0.05) is 33.4 Å². The van der Waals surface area contributed by atoms with Gasteiger partial charge in [0.1, 0.15) is 0 Å². The molecule has 1 aliphatic rings. The van der Waals surface area contributed by atoms with Crippen molar-refractivity contribution in [3.63, 3.8) is 0 Å². The van der Waals surface area contributed by atoms with Gasteiger partial charge in [-0.15, -0.1) is 0 Å². The Hall–Kier alpha value is -0.680. The van der Waals surface area contributed by atoms with E-state index in [-0.39, 0.29) is 24.2 Å². The Labute approximate surface area is 160 Å². The fourth-order valence-corrected chi connectivity index (χ4v) is 3.94. The van der Waals surface area contributed by atoms with E-state index in [1.165, 1.54) is 12.8 Å². The summed E-state index contributed by atoms with van der Waals surface area (Å²) in [7, 11) is 3.63. The molecule has 4 nitrogen and oxygen atoms in total. The number of unbranched alkanes of at least 4 members (excludes halogenated alkanes) is 6. The lowest BCUT2D eigenvalue weighted by molar-refractivity contribution is -0.0483. The van der Waals surface area contributed by atoms with Crippen LogP contribution in [0.25, 0.3) is 0 Å². The minimum Gasteiger partial charge on any atom is -0.396 e. The summed E-state index contributed by atoms with van der Waals surface area (Å²) in [6.45, 7) is 0.579. The van der Waals surface area contributed by atoms with Gasteiger partial charge in [0.05, 0.1) is 11.7 Å². The maximum atomic E-state index is 8.85. The molecule has 0 bridgehead atoms. The maximum absolute atomic E-state index is 8.85. The second kappa shape index (κ2) is 14.4. The van der Waals surface area contributed by atoms with Crippen molar-refractivity contribution >= 4 is 0 Å². The van der Waals surface area contributed by atoms with Gasteiger partial charge in [0.25, 0.3) is 0 Å². The van der Waals surface area contributed by atoms with Crippen molar-refractivity contribution < 1.29 is 19.7 Å². The van der Waals surface area contributed by atoms with E-state index in [2.05, 4.69) is 24.3 Å². The van der Waals surface area contributed by atoms with Crippen LogP contribution < -0.4 is 0 Å². The minimum atomic E-state index is -0.165. The lowest BCUT2D eigenvalue weighted by atomic mass is 9.85. The van der Waals surface area contributed by atoms with E-state index in [9.17, 15) is 0 Å². The number of ether oxygens (including phenoxy) is 2. The molecule has 3 atom stereocenters. The summed E-state index contributed by atoms with van der Waals surface area (Å²) in [5.74, 6) is 0.289. The standard InChI is InChI=1S/C22H40O4/c1-25-21-15-17-22(26-2,16-11-7-5-9-13-19-24)20(21)14-10-6-3-4-8-12-18-23/h7,10-11,14,20-21,23-24H,3-6,8-9,12-13,15-19H2,1-2H3/t20-,21+,22?/m0/s1. The van der Waals surface area contributed by atoms with Crippen LogP contribution in [0.5, 0.6) is 0 Å². The summed E-state index contributed by atoms with van der Waals surface area (Å²) in [6.07, 6.45) is 20.6. The summed E-state index contributed by atoms with van der Waals surface area (Å²) < 4.78 is 11.8. The van der Waals surface area contributed by atoms with E-state index in [0.717, 1.165) is 57.8 Å². The molecule has 1 rings (SSSR count). The van der Waals surface area contributed by atoms with Crippen molar-refractivity contribution in [2.45, 2.75) is 82.3 Å². The molecule has 0 aromatic rings. The third-order valence-electron chi connectivity index (χ3n) is 5.60. The average molecular weight is 369 g/mol. The summed E-state index contributed by atoms with van der Waals surface area (Å²) >= 11 is 0. The van der Waals surface area contributed by atoms with Crippen LogP contribution in [0.15, 0.2) is 24.3 Å². The maximum Gasteiger partial charge on any atom is 0.0801 e. The number of methoxy groups -OCH3 is 2. The Morgan fingerprint density at radius 1 is 0.885 bits per heavy atom. The molecule has 0 aromatic carbocycles. The zero-order chi connectivity index (χ0) is 19.1. The molecule has 2 N–H and O–H groups in total. The average Bonchev–Trinajstić information content (AvgIpc) is 3.02. The van der Waals surface area contributed by atoms with Crippen molar-refractivity contribution in [2.24, 2.45) is 5.92 Å². The fraction of sp³-hybridized carbons (Fsp3) is 0.818. The molecule has 1 saturated carbocycles. The van der Waals surface area contributed by atoms with Crippen LogP contribution in [0.2, 0.25) is 0 Å². The molecular weight excluding hydrogens is 328 g/mol. The molecule has 152 valence electrons. The van der Waals surface area contributed by atoms with Crippen molar-refractivity contribution in [1.82, 2.24) is 0 Å². The van der Waals surface area contributed by atoms with E-state index in [4.69, 9.17) is 19.7 Å². The van der Waals surface area contributed by atoms with Crippen LogP contribution >= 0.6 is 0 Å². The van der Waals surface area contributed by atoms with Gasteiger partial charge in [-0.2, -0.15) is 0 Å². The van der Waals surface area contributed by atoms with Gasteiger partial charge in [0.2, 0.25) is 0 Å². The molecule has 0 aromatic heterocycles. The highest BCUT2D eigenvalue weighted by Crippen LogP contribution is 2.43. The van der Waals surface area contributed by atoms with Crippen LogP contribution in [0.3, 0.4) is 0 Å². The fourth-order valence-electron chi connectivity index (χ4n) is 3.94. The van der Waals surface area contributed by atoms with Gasteiger partial charge >= 0.3 is 0 Å².